The summed E-state index contributed by atoms with van der Waals surface area (Å²) in [6.07, 6.45) is 0.395. The smallest absolute Gasteiger partial charge is 0.114 e. The highest BCUT2D eigenvalue weighted by Crippen LogP contribution is 2.50. The van der Waals surface area contributed by atoms with E-state index in [9.17, 15) is 0 Å². The number of ether oxygens (including phenoxy) is 1. The van der Waals surface area contributed by atoms with E-state index >= 15 is 0 Å². The van der Waals surface area contributed by atoms with Gasteiger partial charge in [-0.15, -0.1) is 0 Å². The fraction of sp³-hybridized carbons (Fsp3) is 0.200. The molecule has 1 saturated heterocycles. The van der Waals surface area contributed by atoms with E-state index in [0.717, 1.165) is 5.02 Å². The minimum Gasteiger partial charge on any atom is -0.359 e. The lowest BCUT2D eigenvalue weighted by molar-refractivity contribution is 0.377. The lowest BCUT2D eigenvalue weighted by Gasteiger charge is -1.98. The van der Waals surface area contributed by atoms with Crippen LogP contribution in [-0.2, 0) is 4.74 Å². The fourth-order valence-electron chi connectivity index (χ4n) is 2.03. The molecule has 0 amide bonds. The molecule has 0 aromatic heterocycles. The van der Waals surface area contributed by atoms with E-state index in [2.05, 4.69) is 31.2 Å². The number of hydrogen-bond donors (Lipinski definition) is 0. The highest BCUT2D eigenvalue weighted by Gasteiger charge is 2.41. The predicted octanol–water partition coefficient (Wildman–Crippen LogP) is 4.46. The Morgan fingerprint density at radius 3 is 1.82 bits per heavy atom. The molecule has 1 heterocycles. The number of rotatable bonds is 2. The molecule has 3 rings (SSSR count). The maximum absolute atomic E-state index is 5.87. The Balaban J connectivity index is 1.78. The summed E-state index contributed by atoms with van der Waals surface area (Å²) in [4.78, 5) is 0. The zero-order valence-corrected chi connectivity index (χ0v) is 10.3. The number of hydrogen-bond acceptors (Lipinski definition) is 1. The molecule has 2 aromatic rings. The van der Waals surface area contributed by atoms with Crippen LogP contribution in [0.2, 0.25) is 5.02 Å². The average Bonchev–Trinajstić information content (AvgIpc) is 3.11. The fourth-order valence-corrected chi connectivity index (χ4v) is 2.15. The minimum atomic E-state index is 0.190. The van der Waals surface area contributed by atoms with Crippen molar-refractivity contribution in [1.29, 1.82) is 0 Å². The first kappa shape index (κ1) is 10.8. The summed E-state index contributed by atoms with van der Waals surface area (Å²) in [5, 5.41) is 0.765. The SMILES string of the molecule is Cc1ccc([C@@H]2O[C@H]2c2ccc(Cl)cc2)cc1. The van der Waals surface area contributed by atoms with Gasteiger partial charge in [0.2, 0.25) is 0 Å². The molecule has 86 valence electrons. The first-order valence-corrected chi connectivity index (χ1v) is 6.09. The molecule has 0 aliphatic carbocycles. The van der Waals surface area contributed by atoms with Crippen LogP contribution in [0.3, 0.4) is 0 Å². The lowest BCUT2D eigenvalue weighted by Crippen LogP contribution is -1.84. The summed E-state index contributed by atoms with van der Waals surface area (Å²) in [6, 6.07) is 16.4. The summed E-state index contributed by atoms with van der Waals surface area (Å²) >= 11 is 5.87. The lowest BCUT2D eigenvalue weighted by atomic mass is 10.0. The van der Waals surface area contributed by atoms with Gasteiger partial charge < -0.3 is 4.74 Å². The maximum Gasteiger partial charge on any atom is 0.114 e. The van der Waals surface area contributed by atoms with Gasteiger partial charge in [0.05, 0.1) is 0 Å². The van der Waals surface area contributed by atoms with E-state index in [1.807, 2.05) is 24.3 Å². The molecule has 2 aromatic carbocycles. The van der Waals surface area contributed by atoms with Crippen molar-refractivity contribution in [3.05, 3.63) is 70.2 Å². The third kappa shape index (κ3) is 2.21. The van der Waals surface area contributed by atoms with Gasteiger partial charge in [0.15, 0.2) is 0 Å². The van der Waals surface area contributed by atoms with E-state index in [1.54, 1.807) is 0 Å². The number of epoxide rings is 1. The van der Waals surface area contributed by atoms with Crippen LogP contribution in [0.4, 0.5) is 0 Å². The van der Waals surface area contributed by atoms with E-state index in [0.29, 0.717) is 0 Å². The molecule has 1 aliphatic rings. The summed E-state index contributed by atoms with van der Waals surface area (Å²) in [5.74, 6) is 0. The third-order valence-corrected chi connectivity index (χ3v) is 3.35. The molecule has 0 radical (unpaired) electrons. The predicted molar refractivity (Wildman–Crippen MR) is 69.2 cm³/mol. The Hall–Kier alpha value is -1.31. The molecule has 0 saturated carbocycles. The zero-order chi connectivity index (χ0) is 11.8. The van der Waals surface area contributed by atoms with Gasteiger partial charge in [-0.05, 0) is 30.2 Å². The topological polar surface area (TPSA) is 12.5 Å². The van der Waals surface area contributed by atoms with Crippen molar-refractivity contribution in [3.8, 4) is 0 Å². The van der Waals surface area contributed by atoms with Crippen LogP contribution in [0.1, 0.15) is 28.9 Å². The van der Waals surface area contributed by atoms with Crippen LogP contribution in [0.25, 0.3) is 0 Å². The highest BCUT2D eigenvalue weighted by atomic mass is 35.5. The van der Waals surface area contributed by atoms with Crippen molar-refractivity contribution in [2.75, 3.05) is 0 Å². The first-order chi connectivity index (χ1) is 8.24. The van der Waals surface area contributed by atoms with Gasteiger partial charge in [-0.2, -0.15) is 0 Å². The molecule has 17 heavy (non-hydrogen) atoms. The van der Waals surface area contributed by atoms with Gasteiger partial charge in [-0.25, -0.2) is 0 Å². The second-order valence-corrected chi connectivity index (χ2v) is 4.88. The quantitative estimate of drug-likeness (QED) is 0.711. The minimum absolute atomic E-state index is 0.190. The van der Waals surface area contributed by atoms with Gasteiger partial charge in [0.25, 0.3) is 0 Å². The molecule has 2 heteroatoms. The summed E-state index contributed by atoms with van der Waals surface area (Å²) < 4.78 is 5.73. The van der Waals surface area contributed by atoms with Crippen molar-refractivity contribution < 1.29 is 4.74 Å². The van der Waals surface area contributed by atoms with E-state index in [1.165, 1.54) is 16.7 Å². The van der Waals surface area contributed by atoms with Crippen molar-refractivity contribution >= 4 is 11.6 Å². The third-order valence-electron chi connectivity index (χ3n) is 3.10. The molecule has 2 atom stereocenters. The molecule has 0 unspecified atom stereocenters. The number of halogens is 1. The molecule has 0 spiro atoms. The maximum atomic E-state index is 5.87. The van der Waals surface area contributed by atoms with Crippen LogP contribution >= 0.6 is 11.6 Å². The summed E-state index contributed by atoms with van der Waals surface area (Å²) in [6.45, 7) is 2.09. The van der Waals surface area contributed by atoms with Crippen LogP contribution in [0, 0.1) is 6.92 Å². The van der Waals surface area contributed by atoms with Gasteiger partial charge in [-0.3, -0.25) is 0 Å². The van der Waals surface area contributed by atoms with Crippen molar-refractivity contribution in [3.63, 3.8) is 0 Å². The van der Waals surface area contributed by atoms with Crippen LogP contribution in [0.15, 0.2) is 48.5 Å². The molecule has 0 bridgehead atoms. The Bertz CT molecular complexity index is 466. The second kappa shape index (κ2) is 4.17. The molecule has 0 N–H and O–H groups in total. The normalized spacial score (nSPS) is 22.5. The van der Waals surface area contributed by atoms with Crippen LogP contribution < -0.4 is 0 Å². The molecule has 1 aliphatic heterocycles. The summed E-state index contributed by atoms with van der Waals surface area (Å²) in [5.41, 5.74) is 3.72. The van der Waals surface area contributed by atoms with Crippen molar-refractivity contribution in [2.45, 2.75) is 19.1 Å². The van der Waals surface area contributed by atoms with Gasteiger partial charge >= 0.3 is 0 Å². The monoisotopic (exact) mass is 244 g/mol. The Labute approximate surface area is 106 Å². The van der Waals surface area contributed by atoms with Gasteiger partial charge in [0, 0.05) is 5.02 Å². The summed E-state index contributed by atoms with van der Waals surface area (Å²) in [7, 11) is 0. The Morgan fingerprint density at radius 2 is 1.29 bits per heavy atom. The van der Waals surface area contributed by atoms with Gasteiger partial charge in [-0.1, -0.05) is 53.6 Å². The average molecular weight is 245 g/mol. The van der Waals surface area contributed by atoms with Gasteiger partial charge in [0.1, 0.15) is 12.2 Å². The Kier molecular flexibility index (Phi) is 2.65. The van der Waals surface area contributed by atoms with E-state index in [-0.39, 0.29) is 12.2 Å². The van der Waals surface area contributed by atoms with Crippen LogP contribution in [0.5, 0.6) is 0 Å². The molecule has 1 nitrogen and oxygen atoms in total. The Morgan fingerprint density at radius 1 is 0.824 bits per heavy atom. The zero-order valence-electron chi connectivity index (χ0n) is 9.56. The second-order valence-electron chi connectivity index (χ2n) is 4.44. The number of benzene rings is 2. The largest absolute Gasteiger partial charge is 0.359 e. The van der Waals surface area contributed by atoms with Crippen molar-refractivity contribution in [2.24, 2.45) is 0 Å². The molecular weight excluding hydrogens is 232 g/mol. The molecular formula is C15H13ClO. The number of aryl methyl sites for hydroxylation is 1. The standard InChI is InChI=1S/C15H13ClO/c1-10-2-4-11(5-3-10)14-15(17-14)12-6-8-13(16)9-7-12/h2-9,14-15H,1H3/t14-,15-/m0/s1. The molecule has 1 fully saturated rings. The van der Waals surface area contributed by atoms with Crippen molar-refractivity contribution in [1.82, 2.24) is 0 Å². The highest BCUT2D eigenvalue weighted by molar-refractivity contribution is 6.30. The van der Waals surface area contributed by atoms with E-state index < -0.39 is 0 Å². The first-order valence-electron chi connectivity index (χ1n) is 5.71. The van der Waals surface area contributed by atoms with Crippen LogP contribution in [-0.4, -0.2) is 0 Å². The van der Waals surface area contributed by atoms with E-state index in [4.69, 9.17) is 16.3 Å².